The molecule has 3 aromatic rings. The third kappa shape index (κ3) is 3.85. The van der Waals surface area contributed by atoms with Gasteiger partial charge < -0.3 is 4.74 Å². The number of ether oxygens (including phenoxy) is 1. The topological polar surface area (TPSA) is 147 Å². The van der Waals surface area contributed by atoms with Crippen molar-refractivity contribution in [2.24, 2.45) is 0 Å². The predicted molar refractivity (Wildman–Crippen MR) is 109 cm³/mol. The molecule has 3 rings (SSSR count). The number of nitrogens with zero attached hydrogens (tertiary/aromatic N) is 4. The molecule has 0 radical (unpaired) electrons. The van der Waals surface area contributed by atoms with Crippen LogP contribution in [0.2, 0.25) is 10.0 Å². The molecule has 0 aliphatic rings. The summed E-state index contributed by atoms with van der Waals surface area (Å²) < 4.78 is 22.8. The van der Waals surface area contributed by atoms with E-state index in [0.717, 1.165) is 0 Å². The van der Waals surface area contributed by atoms with Crippen molar-refractivity contribution in [1.82, 2.24) is 25.0 Å². The van der Waals surface area contributed by atoms with Crippen molar-refractivity contribution in [1.29, 1.82) is 5.26 Å². The molecule has 0 bridgehead atoms. The van der Waals surface area contributed by atoms with Crippen LogP contribution in [-0.2, 0) is 0 Å². The molecule has 0 aliphatic heterocycles. The normalized spacial score (nSPS) is 11.8. The van der Waals surface area contributed by atoms with Crippen LogP contribution in [0.3, 0.4) is 0 Å². The van der Waals surface area contributed by atoms with Crippen LogP contribution in [0.4, 0.5) is 0 Å². The lowest BCUT2D eigenvalue weighted by Gasteiger charge is -2.15. The quantitative estimate of drug-likeness (QED) is 0.619. The Labute approximate surface area is 181 Å². The van der Waals surface area contributed by atoms with Crippen LogP contribution in [0, 0.1) is 18.3 Å². The van der Waals surface area contributed by atoms with Crippen LogP contribution in [0.1, 0.15) is 39.3 Å². The number of H-pyrrole nitrogens is 2. The minimum Gasteiger partial charge on any atom is -0.434 e. The van der Waals surface area contributed by atoms with E-state index in [1.807, 2.05) is 18.8 Å². The number of halogens is 2. The molecular formula is C18H14Cl2N6O4. The van der Waals surface area contributed by atoms with Crippen LogP contribution < -0.4 is 21.5 Å². The second kappa shape index (κ2) is 8.14. The van der Waals surface area contributed by atoms with Gasteiger partial charge in [-0.15, -0.1) is 10.2 Å². The highest BCUT2D eigenvalue weighted by Gasteiger charge is 2.19. The average Bonchev–Trinajstić information content (AvgIpc) is 2.72. The van der Waals surface area contributed by atoms with Gasteiger partial charge in [0.2, 0.25) is 11.6 Å². The molecule has 1 aromatic carbocycles. The number of hydrogen-bond acceptors (Lipinski definition) is 7. The highest BCUT2D eigenvalue weighted by molar-refractivity contribution is 6.37. The van der Waals surface area contributed by atoms with E-state index >= 15 is 0 Å². The molecule has 2 aromatic heterocycles. The Morgan fingerprint density at radius 3 is 2.43 bits per heavy atom. The van der Waals surface area contributed by atoms with E-state index < -0.39 is 50.3 Å². The van der Waals surface area contributed by atoms with Gasteiger partial charge in [0, 0.05) is 11.1 Å². The summed E-state index contributed by atoms with van der Waals surface area (Å²) in [6.45, 7) is 5.23. The highest BCUT2D eigenvalue weighted by Crippen LogP contribution is 2.38. The summed E-state index contributed by atoms with van der Waals surface area (Å²) in [4.78, 5) is 37.7. The largest absolute Gasteiger partial charge is 0.434 e. The fourth-order valence-electron chi connectivity index (χ4n) is 2.69. The zero-order valence-electron chi connectivity index (χ0n) is 17.8. The molecule has 2 N–H and O–H groups in total. The number of nitriles is 1. The van der Waals surface area contributed by atoms with Gasteiger partial charge in [-0.1, -0.05) is 37.0 Å². The summed E-state index contributed by atoms with van der Waals surface area (Å²) in [5, 5.41) is 18.0. The van der Waals surface area contributed by atoms with Crippen molar-refractivity contribution in [3.63, 3.8) is 0 Å². The standard InChI is InChI=1S/C18H14Cl2N6O4/c1-7(2)13-8(3)17(24-23-16(13)28)30-14-10(19)4-9(5-11(14)20)26-18(29)22-15(27)12(6-21)25-26/h4-5,7H,1-3H3,(H,23,28)(H,22,27,29)/i4D,5D. The Morgan fingerprint density at radius 1 is 1.23 bits per heavy atom. The van der Waals surface area contributed by atoms with Gasteiger partial charge in [-0.05, 0) is 24.9 Å². The van der Waals surface area contributed by atoms with Crippen molar-refractivity contribution in [2.75, 3.05) is 0 Å². The zero-order valence-corrected chi connectivity index (χ0v) is 17.3. The molecule has 0 saturated carbocycles. The summed E-state index contributed by atoms with van der Waals surface area (Å²) in [5.74, 6) is -0.499. The van der Waals surface area contributed by atoms with Gasteiger partial charge in [0.1, 0.15) is 6.07 Å². The van der Waals surface area contributed by atoms with Gasteiger partial charge in [-0.2, -0.15) is 9.94 Å². The van der Waals surface area contributed by atoms with E-state index in [9.17, 15) is 14.4 Å². The highest BCUT2D eigenvalue weighted by atomic mass is 35.5. The Kier molecular flexibility index (Phi) is 5.04. The maximum absolute atomic E-state index is 12.2. The minimum atomic E-state index is -1.10. The molecule has 0 amide bonds. The van der Waals surface area contributed by atoms with Crippen molar-refractivity contribution < 1.29 is 7.48 Å². The van der Waals surface area contributed by atoms with E-state index in [-0.39, 0.29) is 17.5 Å². The maximum atomic E-state index is 12.2. The van der Waals surface area contributed by atoms with Gasteiger partial charge >= 0.3 is 5.69 Å². The number of hydrogen-bond donors (Lipinski definition) is 2. The van der Waals surface area contributed by atoms with E-state index in [0.29, 0.717) is 15.8 Å². The van der Waals surface area contributed by atoms with E-state index in [4.69, 9.17) is 35.9 Å². The van der Waals surface area contributed by atoms with Gasteiger partial charge in [0.15, 0.2) is 5.75 Å². The summed E-state index contributed by atoms with van der Waals surface area (Å²) in [6.07, 6.45) is 0. The second-order valence-corrected chi connectivity index (χ2v) is 7.10. The van der Waals surface area contributed by atoms with Crippen molar-refractivity contribution >= 4 is 23.2 Å². The average molecular weight is 451 g/mol. The first-order chi connectivity index (χ1) is 15.0. The Balaban J connectivity index is 2.24. The molecule has 0 unspecified atom stereocenters. The monoisotopic (exact) mass is 450 g/mol. The fraction of sp³-hybridized carbons (Fsp3) is 0.222. The summed E-state index contributed by atoms with van der Waals surface area (Å²) in [7, 11) is 0. The first-order valence-corrected chi connectivity index (χ1v) is 9.14. The molecule has 2 heterocycles. The third-order valence-corrected chi connectivity index (χ3v) is 4.54. The number of aromatic amines is 2. The number of nitrogens with one attached hydrogen (secondary N) is 2. The smallest absolute Gasteiger partial charge is 0.349 e. The molecule has 0 aliphatic carbocycles. The Hall–Kier alpha value is -3.42. The molecule has 0 spiro atoms. The van der Waals surface area contributed by atoms with Crippen LogP contribution in [-0.4, -0.2) is 25.0 Å². The van der Waals surface area contributed by atoms with Crippen LogP contribution in [0.15, 0.2) is 26.5 Å². The van der Waals surface area contributed by atoms with E-state index in [2.05, 4.69) is 15.3 Å². The molecule has 154 valence electrons. The lowest BCUT2D eigenvalue weighted by molar-refractivity contribution is 0.448. The van der Waals surface area contributed by atoms with Gasteiger partial charge in [0.05, 0.1) is 18.5 Å². The SMILES string of the molecule is [2H]c1c(Cl)c(Oc2n[nH]c(=O)c(C(C)C)c2C)c(Cl)c([2H])c1-n1nc(C#N)c(=O)[nH]c1=O. The lowest BCUT2D eigenvalue weighted by atomic mass is 10.0. The molecule has 0 saturated heterocycles. The first kappa shape index (κ1) is 18.6. The molecule has 12 heteroatoms. The van der Waals surface area contributed by atoms with Crippen LogP contribution in [0.25, 0.3) is 5.69 Å². The van der Waals surface area contributed by atoms with Crippen LogP contribution in [0.5, 0.6) is 11.6 Å². The van der Waals surface area contributed by atoms with E-state index in [1.54, 1.807) is 6.92 Å². The zero-order chi connectivity index (χ0) is 23.9. The van der Waals surface area contributed by atoms with Crippen molar-refractivity contribution in [3.05, 3.63) is 70.1 Å². The second-order valence-electron chi connectivity index (χ2n) is 6.34. The summed E-state index contributed by atoms with van der Waals surface area (Å²) >= 11 is 12.5. The van der Waals surface area contributed by atoms with Gasteiger partial charge in [-0.3, -0.25) is 14.6 Å². The Bertz CT molecular complexity index is 1440. The first-order valence-electron chi connectivity index (χ1n) is 9.38. The molecule has 10 nitrogen and oxygen atoms in total. The van der Waals surface area contributed by atoms with Gasteiger partial charge in [0.25, 0.3) is 11.1 Å². The third-order valence-electron chi connectivity index (χ3n) is 4.01. The summed E-state index contributed by atoms with van der Waals surface area (Å²) in [5.41, 5.74) is -2.82. The van der Waals surface area contributed by atoms with Crippen LogP contribution >= 0.6 is 23.2 Å². The lowest BCUT2D eigenvalue weighted by Crippen LogP contribution is -2.33. The number of benzene rings is 1. The fourth-order valence-corrected chi connectivity index (χ4v) is 3.19. The summed E-state index contributed by atoms with van der Waals surface area (Å²) in [6, 6.07) is 0.353. The number of rotatable bonds is 4. The van der Waals surface area contributed by atoms with E-state index in [1.165, 1.54) is 6.07 Å². The van der Waals surface area contributed by atoms with Gasteiger partial charge in [-0.25, -0.2) is 9.89 Å². The van der Waals surface area contributed by atoms with Crippen molar-refractivity contribution in [2.45, 2.75) is 26.7 Å². The number of aromatic nitrogens is 5. The predicted octanol–water partition coefficient (Wildman–Crippen LogP) is 2.41. The molecular weight excluding hydrogens is 435 g/mol. The Morgan fingerprint density at radius 2 is 1.87 bits per heavy atom. The minimum absolute atomic E-state index is 0.0465. The molecule has 30 heavy (non-hydrogen) atoms. The van der Waals surface area contributed by atoms with Crippen molar-refractivity contribution in [3.8, 4) is 23.4 Å². The molecule has 0 atom stereocenters. The molecule has 0 fully saturated rings. The maximum Gasteiger partial charge on any atom is 0.349 e.